The van der Waals surface area contributed by atoms with Crippen molar-refractivity contribution in [2.75, 3.05) is 105 Å². The van der Waals surface area contributed by atoms with Crippen LogP contribution in [0.3, 0.4) is 0 Å². The summed E-state index contributed by atoms with van der Waals surface area (Å²) in [5.41, 5.74) is 26.5. The van der Waals surface area contributed by atoms with E-state index in [1.165, 1.54) is 35.6 Å². The molecule has 18 nitrogen and oxygen atoms in total. The minimum absolute atomic E-state index is 0.000458. The lowest BCUT2D eigenvalue weighted by Crippen LogP contribution is -2.50. The molecule has 9 aliphatic heterocycles. The molecule has 6 N–H and O–H groups in total. The van der Waals surface area contributed by atoms with Crippen LogP contribution in [0.5, 0.6) is 0 Å². The van der Waals surface area contributed by atoms with Gasteiger partial charge in [0.25, 0.3) is 10.0 Å². The van der Waals surface area contributed by atoms with Gasteiger partial charge >= 0.3 is 12.1 Å². The van der Waals surface area contributed by atoms with E-state index in [0.717, 1.165) is 101 Å². The highest BCUT2D eigenvalue weighted by Gasteiger charge is 2.47. The lowest BCUT2D eigenvalue weighted by Gasteiger charge is -2.39. The first kappa shape index (κ1) is 66.4. The minimum Gasteiger partial charge on any atom is -0.370 e. The van der Waals surface area contributed by atoms with Crippen molar-refractivity contribution in [2.24, 2.45) is 21.0 Å². The highest BCUT2D eigenvalue weighted by molar-refractivity contribution is 8.01. The Balaban J connectivity index is 0.000000143. The monoisotopic (exact) mass is 1320 g/mol. The highest BCUT2D eigenvalue weighted by atomic mass is 32.3. The number of ether oxygens (including phenoxy) is 3. The van der Waals surface area contributed by atoms with E-state index < -0.39 is 103 Å². The van der Waals surface area contributed by atoms with E-state index in [1.54, 1.807) is 21.3 Å². The maximum atomic E-state index is 14.2. The fraction of sp³-hybridized carbons (Fsp3) is 0.484. The maximum absolute atomic E-state index is 14.2. The normalized spacial score (nSPS) is 28.1. The number of benzene rings is 4. The van der Waals surface area contributed by atoms with Crippen LogP contribution in [0.4, 0.5) is 39.5 Å². The average Bonchev–Trinajstić information content (AvgIpc) is 1.79. The Hall–Kier alpha value is -6.09. The minimum atomic E-state index is -4.87. The molecule has 0 aliphatic carbocycles. The number of carbonyl (C=O) groups excluding carboxylic acids is 2. The van der Waals surface area contributed by atoms with Crippen molar-refractivity contribution < 1.29 is 75.9 Å². The number of aryl methyl sites for hydroxylation is 1. The number of sulfonamides is 1. The van der Waals surface area contributed by atoms with Gasteiger partial charge in [0.2, 0.25) is 6.41 Å². The summed E-state index contributed by atoms with van der Waals surface area (Å²) in [6.07, 6.45) is -3.02. The largest absolute Gasteiger partial charge is 0.471 e. The molecule has 13 rings (SSSR count). The molecule has 10 atom stereocenters. The van der Waals surface area contributed by atoms with Gasteiger partial charge < -0.3 is 41.2 Å². The molecule has 492 valence electrons. The van der Waals surface area contributed by atoms with Crippen molar-refractivity contribution in [2.45, 2.75) is 91.8 Å². The number of nitrogens with zero attached hydrogens (tertiary/aromatic N) is 7. The molecule has 0 aromatic heterocycles. The van der Waals surface area contributed by atoms with Gasteiger partial charge in [-0.05, 0) is 126 Å². The van der Waals surface area contributed by atoms with Gasteiger partial charge in [0.1, 0.15) is 63.1 Å². The van der Waals surface area contributed by atoms with Gasteiger partial charge in [-0.25, -0.2) is 34.9 Å². The van der Waals surface area contributed by atoms with E-state index in [2.05, 4.69) is 18.5 Å². The molecule has 9 heterocycles. The van der Waals surface area contributed by atoms with E-state index in [-0.39, 0.29) is 59.4 Å². The molecule has 3 saturated heterocycles. The molecule has 9 aliphatic rings. The zero-order chi connectivity index (χ0) is 65.0. The zero-order valence-electron chi connectivity index (χ0n) is 49.9. The Morgan fingerprint density at radius 3 is 1.20 bits per heavy atom. The molecule has 0 radical (unpaired) electrons. The Morgan fingerprint density at radius 1 is 0.527 bits per heavy atom. The van der Waals surface area contributed by atoms with E-state index in [9.17, 15) is 61.7 Å². The Bertz CT molecular complexity index is 3740. The summed E-state index contributed by atoms with van der Waals surface area (Å²) >= 11 is 0. The van der Waals surface area contributed by atoms with Gasteiger partial charge in [-0.2, -0.15) is 21.6 Å². The highest BCUT2D eigenvalue weighted by Crippen LogP contribution is 2.39. The first-order valence-corrected chi connectivity index (χ1v) is 33.1. The molecule has 3 fully saturated rings. The molecule has 29 heteroatoms. The Morgan fingerprint density at radius 2 is 0.868 bits per heavy atom. The summed E-state index contributed by atoms with van der Waals surface area (Å²) in [5.74, 6) is -5.03. The SMILES string of the molecule is Cc1ccc(S(=O)(=O)N=S(C)(=O)N2CC3=C(CN([C@H]4CO[C@H](c5cc(F)ccc5F)[C@@H](N)C4)C3)C2)cc1.N[C@H]1C[C@@H](N2CC3=C(CN(C(=O)C(F)(F)F)C3)C2)CO[C@@H]1c1cc(F)ccc1F.N[C@H]1C[C@@H](N2CC3=C(CN(C=O)C3)C2)CO[C@@H]1c1cc(F)ccc1F. The van der Waals surface area contributed by atoms with Crippen molar-refractivity contribution in [3.05, 3.63) is 169 Å². The van der Waals surface area contributed by atoms with Gasteiger partial charge in [-0.1, -0.05) is 21.5 Å². The van der Waals surface area contributed by atoms with Gasteiger partial charge in [-0.15, -0.1) is 0 Å². The molecule has 1 unspecified atom stereocenters. The Labute approximate surface area is 521 Å². The lowest BCUT2D eigenvalue weighted by molar-refractivity contribution is -0.184. The van der Waals surface area contributed by atoms with E-state index >= 15 is 0 Å². The third-order valence-electron chi connectivity index (χ3n) is 18.4. The summed E-state index contributed by atoms with van der Waals surface area (Å²) in [6, 6.07) is 14.7. The number of carbonyl (C=O) groups is 2. The maximum Gasteiger partial charge on any atom is 0.471 e. The standard InChI is InChI=1S/C25H30F2N4O4S2.C19H20F5N3O2.C18H21F2N3O2/c1-16-3-6-21(7-4-16)37(33,34)29-36(2,32)31-13-17-11-30(12-18(17)14-31)20-10-24(28)25(35-15-20)22-9-19(26)5-8-23(22)27;20-12-1-2-15(21)14(3-12)17-16(25)4-13(9-29-17)26-5-10-7-27(8-11(10)6-26)18(28)19(22,23)24;19-13-1-2-16(20)15(3-13)18-17(21)4-14(9-25-18)23-7-11-5-22(10-24)6-12(11)8-23/h3-9,20,24-25H,10-15,28H2,1-2H3;1-3,13,16-17H,4-9,25H2;1-3,10,14,17-18H,4-9,21H2/t20-,24+,25-,36?;13-,16+,17-;14-,17+,18-/m111/s1. The summed E-state index contributed by atoms with van der Waals surface area (Å²) in [7, 11) is -7.23. The molecule has 4 aromatic rings. The first-order chi connectivity index (χ1) is 43.1. The molecule has 0 saturated carbocycles. The van der Waals surface area contributed by atoms with E-state index in [0.29, 0.717) is 84.8 Å². The third kappa shape index (κ3) is 14.7. The molecule has 0 bridgehead atoms. The second kappa shape index (κ2) is 26.7. The predicted molar refractivity (Wildman–Crippen MR) is 317 cm³/mol. The number of halogens is 9. The van der Waals surface area contributed by atoms with Crippen LogP contribution in [0.25, 0.3) is 0 Å². The second-order valence-electron chi connectivity index (χ2n) is 24.8. The molecule has 0 spiro atoms. The van der Waals surface area contributed by atoms with Crippen LogP contribution in [-0.4, -0.2) is 201 Å². The average molecular weight is 1320 g/mol. The van der Waals surface area contributed by atoms with Crippen LogP contribution in [0.1, 0.15) is 59.8 Å². The molecule has 91 heavy (non-hydrogen) atoms. The third-order valence-corrected chi connectivity index (χ3v) is 22.4. The quantitative estimate of drug-likeness (QED) is 0.0928. The van der Waals surface area contributed by atoms with Crippen molar-refractivity contribution in [1.29, 1.82) is 0 Å². The van der Waals surface area contributed by atoms with Crippen LogP contribution in [0, 0.1) is 41.8 Å². The number of hydrogen-bond acceptors (Lipinski definition) is 14. The number of hydrogen-bond donors (Lipinski definition) is 3. The first-order valence-electron chi connectivity index (χ1n) is 29.7. The van der Waals surface area contributed by atoms with Crippen LogP contribution in [0.15, 0.2) is 121 Å². The van der Waals surface area contributed by atoms with Crippen molar-refractivity contribution >= 4 is 32.3 Å². The summed E-state index contributed by atoms with van der Waals surface area (Å²) < 4.78 is 183. The second-order valence-corrected chi connectivity index (χ2v) is 28.9. The molecular weight excluding hydrogens is 1250 g/mol. The predicted octanol–water partition coefficient (Wildman–Crippen LogP) is 6.11. The smallest absolute Gasteiger partial charge is 0.370 e. The lowest BCUT2D eigenvalue weighted by atomic mass is 9.93. The van der Waals surface area contributed by atoms with Crippen LogP contribution in [0.2, 0.25) is 0 Å². The fourth-order valence-electron chi connectivity index (χ4n) is 13.7. The Kier molecular flexibility index (Phi) is 19.5. The number of amides is 2. The van der Waals surface area contributed by atoms with Crippen LogP contribution in [-0.2, 0) is 43.7 Å². The zero-order valence-corrected chi connectivity index (χ0v) is 51.5. The summed E-state index contributed by atoms with van der Waals surface area (Å²) in [5, 5.41) is 0. The van der Waals surface area contributed by atoms with Crippen molar-refractivity contribution in [1.82, 2.24) is 28.8 Å². The number of alkyl halides is 3. The summed E-state index contributed by atoms with van der Waals surface area (Å²) in [6.45, 7) is 8.70. The number of rotatable bonds is 10. The van der Waals surface area contributed by atoms with Crippen LogP contribution < -0.4 is 17.2 Å². The van der Waals surface area contributed by atoms with Crippen molar-refractivity contribution in [3.63, 3.8) is 0 Å². The van der Waals surface area contributed by atoms with E-state index in [4.69, 9.17) is 31.4 Å². The molecular formula is C62H71F9N10O8S2. The van der Waals surface area contributed by atoms with Crippen molar-refractivity contribution in [3.8, 4) is 0 Å². The van der Waals surface area contributed by atoms with Gasteiger partial charge in [0.05, 0.1) is 24.7 Å². The fourth-order valence-corrected chi connectivity index (χ4v) is 17.1. The number of nitrogens with two attached hydrogens (primary N) is 3. The molecule has 2 amide bonds. The summed E-state index contributed by atoms with van der Waals surface area (Å²) in [4.78, 5) is 31.5. The topological polar surface area (TPSA) is 223 Å². The molecule has 4 aromatic carbocycles. The van der Waals surface area contributed by atoms with E-state index in [1.807, 2.05) is 6.92 Å². The van der Waals surface area contributed by atoms with Gasteiger partial charge in [0, 0.05) is 138 Å². The van der Waals surface area contributed by atoms with Crippen LogP contribution >= 0.6 is 0 Å². The van der Waals surface area contributed by atoms with Gasteiger partial charge in [0.15, 0.2) is 0 Å². The van der Waals surface area contributed by atoms with Gasteiger partial charge in [-0.3, -0.25) is 24.3 Å².